The zero-order valence-electron chi connectivity index (χ0n) is 11.6. The van der Waals surface area contributed by atoms with Gasteiger partial charge in [-0.1, -0.05) is 43.7 Å². The molecule has 108 valence electrons. The standard InChI is InChI=1S/C14H23NO3S/c1-3-7-13(11-19(15,16)17)10-18-12(2)14-8-5-4-6-9-14/h4-6,8-9,12-13H,3,7,10-11H2,1-2H3,(H2,15,16,17). The predicted molar refractivity (Wildman–Crippen MR) is 77.2 cm³/mol. The lowest BCUT2D eigenvalue weighted by Gasteiger charge is -2.19. The van der Waals surface area contributed by atoms with E-state index in [1.165, 1.54) is 0 Å². The maximum Gasteiger partial charge on any atom is 0.209 e. The molecule has 4 nitrogen and oxygen atoms in total. The summed E-state index contributed by atoms with van der Waals surface area (Å²) >= 11 is 0. The molecule has 0 aromatic heterocycles. The summed E-state index contributed by atoms with van der Waals surface area (Å²) in [7, 11) is -3.44. The lowest BCUT2D eigenvalue weighted by molar-refractivity contribution is 0.0419. The molecule has 19 heavy (non-hydrogen) atoms. The smallest absolute Gasteiger partial charge is 0.209 e. The van der Waals surface area contributed by atoms with Crippen molar-refractivity contribution in [1.29, 1.82) is 0 Å². The molecule has 2 unspecified atom stereocenters. The van der Waals surface area contributed by atoms with Crippen molar-refractivity contribution in [3.05, 3.63) is 35.9 Å². The summed E-state index contributed by atoms with van der Waals surface area (Å²) in [5.41, 5.74) is 1.09. The minimum absolute atomic E-state index is 0.0116. The van der Waals surface area contributed by atoms with Gasteiger partial charge < -0.3 is 4.74 Å². The second-order valence-corrected chi connectivity index (χ2v) is 6.53. The van der Waals surface area contributed by atoms with Crippen molar-refractivity contribution in [2.24, 2.45) is 11.1 Å². The largest absolute Gasteiger partial charge is 0.373 e. The molecule has 0 fully saturated rings. The van der Waals surface area contributed by atoms with Gasteiger partial charge >= 0.3 is 0 Å². The second kappa shape index (κ2) is 7.62. The first-order valence-electron chi connectivity index (χ1n) is 6.59. The topological polar surface area (TPSA) is 69.4 Å². The molecule has 2 atom stereocenters. The van der Waals surface area contributed by atoms with Crippen LogP contribution >= 0.6 is 0 Å². The van der Waals surface area contributed by atoms with Crippen LogP contribution in [0.3, 0.4) is 0 Å². The Hall–Kier alpha value is -0.910. The van der Waals surface area contributed by atoms with E-state index in [-0.39, 0.29) is 17.8 Å². The molecule has 2 N–H and O–H groups in total. The highest BCUT2D eigenvalue weighted by atomic mass is 32.2. The van der Waals surface area contributed by atoms with Crippen LogP contribution in [0.2, 0.25) is 0 Å². The van der Waals surface area contributed by atoms with Gasteiger partial charge in [-0.3, -0.25) is 0 Å². The van der Waals surface area contributed by atoms with Crippen molar-refractivity contribution in [1.82, 2.24) is 0 Å². The Morgan fingerprint density at radius 3 is 2.42 bits per heavy atom. The van der Waals surface area contributed by atoms with Gasteiger partial charge in [-0.25, -0.2) is 13.6 Å². The average Bonchev–Trinajstić information content (AvgIpc) is 2.35. The van der Waals surface area contributed by atoms with Crippen LogP contribution in [0.25, 0.3) is 0 Å². The van der Waals surface area contributed by atoms with Crippen LogP contribution in [0.4, 0.5) is 0 Å². The molecule has 0 amide bonds. The van der Waals surface area contributed by atoms with Gasteiger partial charge in [0, 0.05) is 0 Å². The zero-order chi connectivity index (χ0) is 14.3. The van der Waals surface area contributed by atoms with E-state index in [2.05, 4.69) is 0 Å². The van der Waals surface area contributed by atoms with Crippen LogP contribution < -0.4 is 5.14 Å². The van der Waals surface area contributed by atoms with Gasteiger partial charge in [-0.05, 0) is 24.8 Å². The molecule has 1 rings (SSSR count). The highest BCUT2D eigenvalue weighted by Crippen LogP contribution is 2.19. The molecule has 0 spiro atoms. The van der Waals surface area contributed by atoms with Gasteiger partial charge in [0.2, 0.25) is 10.0 Å². The number of hydrogen-bond acceptors (Lipinski definition) is 3. The van der Waals surface area contributed by atoms with E-state index < -0.39 is 10.0 Å². The first kappa shape index (κ1) is 16.1. The third-order valence-corrected chi connectivity index (χ3v) is 3.95. The minimum Gasteiger partial charge on any atom is -0.373 e. The highest BCUT2D eigenvalue weighted by molar-refractivity contribution is 7.89. The summed E-state index contributed by atoms with van der Waals surface area (Å²) in [4.78, 5) is 0. The minimum atomic E-state index is -3.44. The SMILES string of the molecule is CCCC(COC(C)c1ccccc1)CS(N)(=O)=O. The maximum absolute atomic E-state index is 11.2. The van der Waals surface area contributed by atoms with Crippen LogP contribution in [-0.4, -0.2) is 20.8 Å². The number of rotatable bonds is 8. The molecule has 0 aliphatic carbocycles. The Balaban J connectivity index is 2.52. The average molecular weight is 285 g/mol. The van der Waals surface area contributed by atoms with Gasteiger partial charge in [-0.2, -0.15) is 0 Å². The number of benzene rings is 1. The highest BCUT2D eigenvalue weighted by Gasteiger charge is 2.17. The molecule has 0 saturated carbocycles. The van der Waals surface area contributed by atoms with E-state index in [0.717, 1.165) is 18.4 Å². The Bertz CT molecular complexity index is 459. The summed E-state index contributed by atoms with van der Waals surface area (Å²) in [6.07, 6.45) is 1.68. The van der Waals surface area contributed by atoms with E-state index >= 15 is 0 Å². The van der Waals surface area contributed by atoms with Gasteiger partial charge in [0.1, 0.15) is 0 Å². The fourth-order valence-electron chi connectivity index (χ4n) is 2.05. The Kier molecular flexibility index (Phi) is 6.48. The van der Waals surface area contributed by atoms with E-state index in [1.54, 1.807) is 0 Å². The molecule has 0 saturated heterocycles. The molecule has 0 heterocycles. The van der Waals surface area contributed by atoms with Crippen molar-refractivity contribution < 1.29 is 13.2 Å². The fourth-order valence-corrected chi connectivity index (χ4v) is 2.97. The molecular weight excluding hydrogens is 262 g/mol. The van der Waals surface area contributed by atoms with Crippen LogP contribution in [0.5, 0.6) is 0 Å². The van der Waals surface area contributed by atoms with Crippen molar-refractivity contribution in [2.45, 2.75) is 32.8 Å². The van der Waals surface area contributed by atoms with Gasteiger partial charge in [-0.15, -0.1) is 0 Å². The quantitative estimate of drug-likeness (QED) is 0.797. The number of primary sulfonamides is 1. The number of nitrogens with two attached hydrogens (primary N) is 1. The van der Waals surface area contributed by atoms with Gasteiger partial charge in [0.25, 0.3) is 0 Å². The molecule has 1 aromatic carbocycles. The van der Waals surface area contributed by atoms with E-state index in [9.17, 15) is 8.42 Å². The van der Waals surface area contributed by atoms with E-state index in [4.69, 9.17) is 9.88 Å². The monoisotopic (exact) mass is 285 g/mol. The van der Waals surface area contributed by atoms with E-state index in [0.29, 0.717) is 6.61 Å². The summed E-state index contributed by atoms with van der Waals surface area (Å²) < 4.78 is 28.1. The second-order valence-electron chi connectivity index (χ2n) is 4.87. The predicted octanol–water partition coefficient (Wildman–Crippen LogP) is 2.47. The fraction of sp³-hybridized carbons (Fsp3) is 0.571. The Morgan fingerprint density at radius 1 is 1.26 bits per heavy atom. The molecule has 0 radical (unpaired) electrons. The van der Waals surface area contributed by atoms with Crippen LogP contribution in [0.15, 0.2) is 30.3 Å². The third-order valence-electron chi connectivity index (χ3n) is 3.02. The third kappa shape index (κ3) is 6.71. The molecular formula is C14H23NO3S. The van der Waals surface area contributed by atoms with E-state index in [1.807, 2.05) is 44.2 Å². The number of hydrogen-bond donors (Lipinski definition) is 1. The summed E-state index contributed by atoms with van der Waals surface area (Å²) in [6, 6.07) is 9.88. The molecule has 0 aliphatic rings. The van der Waals surface area contributed by atoms with Gasteiger partial charge in [0.15, 0.2) is 0 Å². The first-order valence-corrected chi connectivity index (χ1v) is 8.31. The molecule has 0 bridgehead atoms. The molecule has 0 aliphatic heterocycles. The molecule has 1 aromatic rings. The van der Waals surface area contributed by atoms with Crippen molar-refractivity contribution >= 4 is 10.0 Å². The van der Waals surface area contributed by atoms with Crippen molar-refractivity contribution in [2.75, 3.05) is 12.4 Å². The number of sulfonamides is 1. The lowest BCUT2D eigenvalue weighted by atomic mass is 10.1. The molecule has 5 heteroatoms. The van der Waals surface area contributed by atoms with Gasteiger partial charge in [0.05, 0.1) is 18.5 Å². The Morgan fingerprint density at radius 2 is 1.89 bits per heavy atom. The normalized spacial score (nSPS) is 15.1. The van der Waals surface area contributed by atoms with Crippen LogP contribution in [-0.2, 0) is 14.8 Å². The zero-order valence-corrected chi connectivity index (χ0v) is 12.4. The summed E-state index contributed by atoms with van der Waals surface area (Å²) in [5.74, 6) is -0.0475. The summed E-state index contributed by atoms with van der Waals surface area (Å²) in [5, 5.41) is 5.10. The van der Waals surface area contributed by atoms with Crippen LogP contribution in [0.1, 0.15) is 38.4 Å². The first-order chi connectivity index (χ1) is 8.92. The van der Waals surface area contributed by atoms with Crippen molar-refractivity contribution in [3.8, 4) is 0 Å². The maximum atomic E-state index is 11.2. The number of ether oxygens (including phenoxy) is 1. The van der Waals surface area contributed by atoms with Crippen LogP contribution in [0, 0.1) is 5.92 Å². The Labute approximate surface area is 116 Å². The summed E-state index contributed by atoms with van der Waals surface area (Å²) in [6.45, 7) is 4.41. The van der Waals surface area contributed by atoms with Crippen molar-refractivity contribution in [3.63, 3.8) is 0 Å². The lowest BCUT2D eigenvalue weighted by Crippen LogP contribution is -2.26.